The van der Waals surface area contributed by atoms with E-state index in [0.29, 0.717) is 11.5 Å². The van der Waals surface area contributed by atoms with Crippen molar-refractivity contribution >= 4 is 23.2 Å². The van der Waals surface area contributed by atoms with Crippen LogP contribution in [0.25, 0.3) is 5.76 Å². The molecule has 1 aromatic carbocycles. The number of Topliss-reactive ketones (excluding diaryl/α,β-unsaturated/α-hetero) is 1. The highest BCUT2D eigenvalue weighted by atomic mass is 19.1. The Hall–Kier alpha value is -3.28. The van der Waals surface area contributed by atoms with Crippen molar-refractivity contribution in [1.29, 1.82) is 5.41 Å². The zero-order valence-electron chi connectivity index (χ0n) is 24.8. The normalized spacial score (nSPS) is 27.9. The van der Waals surface area contributed by atoms with Crippen LogP contribution in [0.3, 0.4) is 0 Å². The van der Waals surface area contributed by atoms with Crippen molar-refractivity contribution in [3.8, 4) is 5.75 Å². The number of nitrogens with two attached hydrogens (primary N) is 1. The molecule has 0 aliphatic heterocycles. The van der Waals surface area contributed by atoms with E-state index in [-0.39, 0.29) is 47.3 Å². The molecule has 1 aromatic rings. The Balaban J connectivity index is 1.58. The molecule has 10 nitrogen and oxygen atoms in total. The number of halogens is 1. The van der Waals surface area contributed by atoms with Gasteiger partial charge in [0, 0.05) is 42.3 Å². The standard InChI is InChI=1S/C31H41FN4O6/c1-30(2,3)13-36(11-14-6-7-14)12-16-10-19(37)21-17(23(16)32)8-15-9-18-24(35(4)5)26(39)22(29(34)41)27(33)31(18,42)28(40)20(15)25(21)38/h10,14-15,18,24,33,37-39,42H,6-9,11-13H2,1-5H3,(H2,34,41)/t15-,18?,24-,31+/m0/s1. The van der Waals surface area contributed by atoms with Gasteiger partial charge in [0.05, 0.1) is 17.3 Å². The van der Waals surface area contributed by atoms with E-state index in [1.165, 1.54) is 11.0 Å². The van der Waals surface area contributed by atoms with Crippen molar-refractivity contribution in [1.82, 2.24) is 9.80 Å². The number of primary amides is 1. The molecule has 4 aliphatic rings. The smallest absolute Gasteiger partial charge is 0.254 e. The second-order valence-electron chi connectivity index (χ2n) is 13.9. The van der Waals surface area contributed by atoms with Crippen molar-refractivity contribution < 1.29 is 34.4 Å². The molecule has 228 valence electrons. The van der Waals surface area contributed by atoms with Gasteiger partial charge in [-0.05, 0) is 63.1 Å². The number of phenols is 1. The minimum absolute atomic E-state index is 0.00927. The average molecular weight is 585 g/mol. The largest absolute Gasteiger partial charge is 0.510 e. The molecule has 7 N–H and O–H groups in total. The maximum Gasteiger partial charge on any atom is 0.254 e. The molecule has 0 bridgehead atoms. The van der Waals surface area contributed by atoms with E-state index < -0.39 is 63.8 Å². The summed E-state index contributed by atoms with van der Waals surface area (Å²) in [4.78, 5) is 29.9. The molecule has 0 spiro atoms. The van der Waals surface area contributed by atoms with E-state index in [9.17, 15) is 30.0 Å². The molecule has 42 heavy (non-hydrogen) atoms. The summed E-state index contributed by atoms with van der Waals surface area (Å²) in [5.74, 6) is -5.60. The molecule has 0 radical (unpaired) electrons. The van der Waals surface area contributed by atoms with Gasteiger partial charge in [-0.15, -0.1) is 0 Å². The Morgan fingerprint density at radius 2 is 1.86 bits per heavy atom. The summed E-state index contributed by atoms with van der Waals surface area (Å²) in [6.45, 7) is 8.18. The number of aliphatic hydroxyl groups excluding tert-OH is 2. The Bertz CT molecular complexity index is 1440. The van der Waals surface area contributed by atoms with Crippen LogP contribution in [0, 0.1) is 34.4 Å². The lowest BCUT2D eigenvalue weighted by molar-refractivity contribution is -0.138. The number of hydrogen-bond donors (Lipinski definition) is 6. The van der Waals surface area contributed by atoms with Gasteiger partial charge < -0.3 is 31.6 Å². The van der Waals surface area contributed by atoms with Gasteiger partial charge in [-0.2, -0.15) is 0 Å². The van der Waals surface area contributed by atoms with E-state index >= 15 is 4.39 Å². The Labute approximate surface area is 244 Å². The van der Waals surface area contributed by atoms with Gasteiger partial charge >= 0.3 is 0 Å². The first-order valence-corrected chi connectivity index (χ1v) is 14.4. The molecular formula is C31H41FN4O6. The Morgan fingerprint density at radius 1 is 1.21 bits per heavy atom. The number of carbonyl (C=O) groups excluding carboxylic acids is 2. The lowest BCUT2D eigenvalue weighted by Gasteiger charge is -2.51. The molecule has 1 unspecified atom stereocenters. The number of phenolic OH excluding ortho intramolecular Hbond substituents is 1. The van der Waals surface area contributed by atoms with Crippen LogP contribution in [0.2, 0.25) is 0 Å². The van der Waals surface area contributed by atoms with Crippen molar-refractivity contribution in [2.75, 3.05) is 27.2 Å². The highest BCUT2D eigenvalue weighted by Crippen LogP contribution is 2.52. The van der Waals surface area contributed by atoms with Crippen LogP contribution in [0.4, 0.5) is 4.39 Å². The number of rotatable bonds is 7. The average Bonchev–Trinajstić information content (AvgIpc) is 3.67. The van der Waals surface area contributed by atoms with Crippen LogP contribution in [0.15, 0.2) is 23.0 Å². The zero-order valence-corrected chi connectivity index (χ0v) is 24.8. The summed E-state index contributed by atoms with van der Waals surface area (Å²) < 4.78 is 16.2. The molecule has 4 aliphatic carbocycles. The molecule has 2 fully saturated rings. The van der Waals surface area contributed by atoms with E-state index in [2.05, 4.69) is 25.7 Å². The molecule has 0 saturated heterocycles. The van der Waals surface area contributed by atoms with Crippen LogP contribution >= 0.6 is 0 Å². The summed E-state index contributed by atoms with van der Waals surface area (Å²) in [7, 11) is 3.18. The van der Waals surface area contributed by atoms with Gasteiger partial charge in [0.1, 0.15) is 28.7 Å². The van der Waals surface area contributed by atoms with Crippen LogP contribution < -0.4 is 5.73 Å². The molecule has 2 saturated carbocycles. The Kier molecular flexibility index (Phi) is 7.31. The molecule has 0 heterocycles. The molecular weight excluding hydrogens is 543 g/mol. The zero-order chi connectivity index (χ0) is 31.0. The van der Waals surface area contributed by atoms with Crippen molar-refractivity contribution in [3.05, 3.63) is 45.5 Å². The summed E-state index contributed by atoms with van der Waals surface area (Å²) in [6, 6.07) is 0.244. The number of benzene rings is 1. The second kappa shape index (κ2) is 10.2. The van der Waals surface area contributed by atoms with Crippen LogP contribution in [-0.2, 0) is 22.6 Å². The van der Waals surface area contributed by atoms with E-state index in [4.69, 9.17) is 11.1 Å². The minimum atomic E-state index is -2.58. The first kappa shape index (κ1) is 30.2. The van der Waals surface area contributed by atoms with Crippen molar-refractivity contribution in [2.45, 2.75) is 64.6 Å². The highest BCUT2D eigenvalue weighted by Gasteiger charge is 2.63. The number of nitrogens with zero attached hydrogens (tertiary/aromatic N) is 2. The third-order valence-corrected chi connectivity index (χ3v) is 9.09. The highest BCUT2D eigenvalue weighted by molar-refractivity contribution is 6.33. The first-order chi connectivity index (χ1) is 19.5. The first-order valence-electron chi connectivity index (χ1n) is 14.4. The van der Waals surface area contributed by atoms with Gasteiger partial charge in [-0.1, -0.05) is 20.8 Å². The quantitative estimate of drug-likeness (QED) is 0.284. The van der Waals surface area contributed by atoms with Crippen LogP contribution in [0.5, 0.6) is 5.75 Å². The third kappa shape index (κ3) is 4.81. The number of ketones is 1. The van der Waals surface area contributed by atoms with Gasteiger partial charge in [-0.3, -0.25) is 19.4 Å². The van der Waals surface area contributed by atoms with Crippen molar-refractivity contribution in [2.24, 2.45) is 28.9 Å². The van der Waals surface area contributed by atoms with E-state index in [1.807, 2.05) is 0 Å². The molecule has 4 atom stereocenters. The predicted molar refractivity (Wildman–Crippen MR) is 154 cm³/mol. The number of aliphatic hydroxyl groups is 3. The Morgan fingerprint density at radius 3 is 2.40 bits per heavy atom. The number of amides is 1. The summed E-state index contributed by atoms with van der Waals surface area (Å²) in [5.41, 5.74) is 1.27. The lowest BCUT2D eigenvalue weighted by Crippen LogP contribution is -2.67. The molecule has 1 amide bonds. The molecule has 0 aromatic heterocycles. The fourth-order valence-corrected chi connectivity index (χ4v) is 7.28. The van der Waals surface area contributed by atoms with Crippen LogP contribution in [0.1, 0.15) is 56.7 Å². The second-order valence-corrected chi connectivity index (χ2v) is 13.9. The summed E-state index contributed by atoms with van der Waals surface area (Å²) in [6.07, 6.45) is 2.23. The van der Waals surface area contributed by atoms with Gasteiger partial charge in [0.2, 0.25) is 5.78 Å². The fraction of sp³-hybridized carbons (Fsp3) is 0.581. The third-order valence-electron chi connectivity index (χ3n) is 9.09. The SMILES string of the molecule is CN(C)[C@@H]1C(O)=C(C(N)=O)C(=N)[C@@]2(O)C(=O)C3=C(O)c4c(O)cc(CN(CC5CC5)CC(C)(C)C)c(F)c4C[C@H]3CC12. The summed E-state index contributed by atoms with van der Waals surface area (Å²) in [5, 5.41) is 53.7. The maximum atomic E-state index is 16.2. The predicted octanol–water partition coefficient (Wildman–Crippen LogP) is 2.81. The number of carbonyl (C=O) groups is 2. The lowest BCUT2D eigenvalue weighted by atomic mass is 9.57. The molecule has 5 rings (SSSR count). The topological polar surface area (TPSA) is 171 Å². The van der Waals surface area contributed by atoms with Crippen LogP contribution in [-0.4, -0.2) is 86.5 Å². The fourth-order valence-electron chi connectivity index (χ4n) is 7.28. The van der Waals surface area contributed by atoms with Gasteiger partial charge in [0.25, 0.3) is 5.91 Å². The number of fused-ring (bicyclic) bond motifs is 3. The number of aromatic hydroxyl groups is 1. The van der Waals surface area contributed by atoms with E-state index in [0.717, 1.165) is 25.9 Å². The number of nitrogens with one attached hydrogen (secondary N) is 1. The molecule has 11 heteroatoms. The monoisotopic (exact) mass is 584 g/mol. The number of hydrogen-bond acceptors (Lipinski definition) is 9. The summed E-state index contributed by atoms with van der Waals surface area (Å²) >= 11 is 0. The minimum Gasteiger partial charge on any atom is -0.510 e. The van der Waals surface area contributed by atoms with Gasteiger partial charge in [-0.25, -0.2) is 4.39 Å². The van der Waals surface area contributed by atoms with Crippen molar-refractivity contribution in [3.63, 3.8) is 0 Å². The van der Waals surface area contributed by atoms with Gasteiger partial charge in [0.15, 0.2) is 5.60 Å². The maximum absolute atomic E-state index is 16.2. The number of likely N-dealkylation sites (N-methyl/N-ethyl adjacent to an activating group) is 1. The van der Waals surface area contributed by atoms with E-state index in [1.54, 1.807) is 14.1 Å².